The average Bonchev–Trinajstić information content (AvgIpc) is 2.56. The number of para-hydroxylation sites is 1. The quantitative estimate of drug-likeness (QED) is 0.571. The van der Waals surface area contributed by atoms with Gasteiger partial charge in [-0.25, -0.2) is 0 Å². The van der Waals surface area contributed by atoms with Gasteiger partial charge in [0.25, 0.3) is 0 Å². The van der Waals surface area contributed by atoms with Crippen molar-refractivity contribution in [2.45, 2.75) is 0 Å². The highest BCUT2D eigenvalue weighted by molar-refractivity contribution is 5.90. The summed E-state index contributed by atoms with van der Waals surface area (Å²) in [6, 6.07) is 14.8. The van der Waals surface area contributed by atoms with Crippen molar-refractivity contribution < 1.29 is 9.84 Å². The molecule has 0 fully saturated rings. The molecule has 0 atom stereocenters. The van der Waals surface area contributed by atoms with E-state index in [1.807, 2.05) is 30.3 Å². The van der Waals surface area contributed by atoms with Gasteiger partial charge in [-0.15, -0.1) is 0 Å². The molecule has 2 aromatic carbocycles. The van der Waals surface area contributed by atoms with E-state index in [9.17, 15) is 5.11 Å². The average molecular weight is 293 g/mol. The highest BCUT2D eigenvalue weighted by Gasteiger charge is 2.02. The van der Waals surface area contributed by atoms with Gasteiger partial charge in [-0.05, 0) is 35.9 Å². The molecule has 110 valence electrons. The Hall–Kier alpha value is -3.08. The molecule has 0 aliphatic carbocycles. The van der Waals surface area contributed by atoms with Crippen molar-refractivity contribution in [2.24, 2.45) is 5.10 Å². The number of hydrogen-bond acceptors (Lipinski definition) is 5. The van der Waals surface area contributed by atoms with Gasteiger partial charge in [0.15, 0.2) is 11.5 Å². The molecular formula is C17H15N3O2. The van der Waals surface area contributed by atoms with Crippen molar-refractivity contribution in [3.8, 4) is 11.5 Å². The molecular weight excluding hydrogens is 278 g/mol. The summed E-state index contributed by atoms with van der Waals surface area (Å²) in [6.45, 7) is 0. The number of methoxy groups -OCH3 is 1. The zero-order valence-electron chi connectivity index (χ0n) is 12.0. The predicted molar refractivity (Wildman–Crippen MR) is 87.6 cm³/mol. The maximum atomic E-state index is 9.56. The molecule has 0 saturated heterocycles. The molecule has 0 unspecified atom stereocenters. The number of ether oxygens (including phenoxy) is 1. The molecule has 22 heavy (non-hydrogen) atoms. The molecule has 1 aromatic heterocycles. The van der Waals surface area contributed by atoms with Gasteiger partial charge >= 0.3 is 0 Å². The number of nitrogens with one attached hydrogen (secondary N) is 1. The number of phenols is 1. The van der Waals surface area contributed by atoms with E-state index in [1.165, 1.54) is 7.11 Å². The number of pyridine rings is 1. The smallest absolute Gasteiger partial charge is 0.161 e. The van der Waals surface area contributed by atoms with Crippen molar-refractivity contribution >= 4 is 22.8 Å². The van der Waals surface area contributed by atoms with E-state index >= 15 is 0 Å². The van der Waals surface area contributed by atoms with E-state index in [0.29, 0.717) is 5.75 Å². The van der Waals surface area contributed by atoms with Crippen molar-refractivity contribution in [2.75, 3.05) is 12.5 Å². The van der Waals surface area contributed by atoms with E-state index in [4.69, 9.17) is 4.74 Å². The maximum absolute atomic E-state index is 9.56. The fraction of sp³-hybridized carbons (Fsp3) is 0.0588. The van der Waals surface area contributed by atoms with Gasteiger partial charge in [0.05, 0.1) is 24.5 Å². The number of hydrazone groups is 1. The lowest BCUT2D eigenvalue weighted by atomic mass is 10.2. The molecule has 0 aliphatic heterocycles. The second-order valence-electron chi connectivity index (χ2n) is 4.68. The van der Waals surface area contributed by atoms with Crippen molar-refractivity contribution in [1.29, 1.82) is 0 Å². The summed E-state index contributed by atoms with van der Waals surface area (Å²) in [5, 5.41) is 14.8. The van der Waals surface area contributed by atoms with Crippen LogP contribution in [0.1, 0.15) is 5.56 Å². The zero-order chi connectivity index (χ0) is 15.4. The normalized spacial score (nSPS) is 11.0. The highest BCUT2D eigenvalue weighted by atomic mass is 16.5. The third kappa shape index (κ3) is 2.83. The Morgan fingerprint density at radius 1 is 1.18 bits per heavy atom. The van der Waals surface area contributed by atoms with Crippen molar-refractivity contribution in [3.05, 3.63) is 60.3 Å². The molecule has 0 spiro atoms. The topological polar surface area (TPSA) is 66.7 Å². The van der Waals surface area contributed by atoms with Crippen LogP contribution in [-0.2, 0) is 0 Å². The van der Waals surface area contributed by atoms with Gasteiger partial charge in [-0.2, -0.15) is 5.10 Å². The van der Waals surface area contributed by atoms with Gasteiger partial charge in [-0.1, -0.05) is 18.2 Å². The van der Waals surface area contributed by atoms with Crippen LogP contribution in [0.25, 0.3) is 10.9 Å². The van der Waals surface area contributed by atoms with E-state index in [1.54, 1.807) is 30.6 Å². The Morgan fingerprint density at radius 2 is 2.05 bits per heavy atom. The lowest BCUT2D eigenvalue weighted by Crippen LogP contribution is -1.93. The first-order chi connectivity index (χ1) is 10.8. The second kappa shape index (κ2) is 6.13. The number of rotatable bonds is 4. The number of phenolic OH excluding ortho intramolecular Hbond substituents is 1. The molecule has 1 heterocycles. The number of benzene rings is 2. The minimum Gasteiger partial charge on any atom is -0.504 e. The monoisotopic (exact) mass is 293 g/mol. The van der Waals surface area contributed by atoms with Crippen LogP contribution in [0.3, 0.4) is 0 Å². The molecule has 5 heteroatoms. The number of aromatic nitrogens is 1. The second-order valence-corrected chi connectivity index (χ2v) is 4.68. The summed E-state index contributed by atoms with van der Waals surface area (Å²) in [5.74, 6) is 0.515. The first-order valence-corrected chi connectivity index (χ1v) is 6.78. The molecule has 2 N–H and O–H groups in total. The lowest BCUT2D eigenvalue weighted by molar-refractivity contribution is 0.373. The number of aromatic hydroxyl groups is 1. The third-order valence-electron chi connectivity index (χ3n) is 3.24. The van der Waals surface area contributed by atoms with Crippen LogP contribution in [0.4, 0.5) is 5.69 Å². The fourth-order valence-electron chi connectivity index (χ4n) is 2.15. The molecule has 0 bridgehead atoms. The number of nitrogens with zero attached hydrogens (tertiary/aromatic N) is 2. The number of fused-ring (bicyclic) bond motifs is 1. The van der Waals surface area contributed by atoms with E-state index in [-0.39, 0.29) is 5.75 Å². The van der Waals surface area contributed by atoms with Crippen LogP contribution in [0.5, 0.6) is 11.5 Å². The molecule has 0 radical (unpaired) electrons. The molecule has 3 aromatic rings. The molecule has 0 amide bonds. The van der Waals surface area contributed by atoms with Crippen LogP contribution >= 0.6 is 0 Å². The van der Waals surface area contributed by atoms with Gasteiger partial charge in [-0.3, -0.25) is 10.4 Å². The van der Waals surface area contributed by atoms with Crippen LogP contribution in [0.2, 0.25) is 0 Å². The van der Waals surface area contributed by atoms with Gasteiger partial charge in [0.2, 0.25) is 0 Å². The maximum Gasteiger partial charge on any atom is 0.161 e. The minimum atomic E-state index is 0.103. The Balaban J connectivity index is 1.82. The third-order valence-corrected chi connectivity index (χ3v) is 3.24. The van der Waals surface area contributed by atoms with Gasteiger partial charge in [0, 0.05) is 11.6 Å². The molecule has 0 aliphatic rings. The van der Waals surface area contributed by atoms with E-state index in [0.717, 1.165) is 22.2 Å². The number of hydrogen-bond donors (Lipinski definition) is 2. The first kappa shape index (κ1) is 13.9. The Morgan fingerprint density at radius 3 is 2.91 bits per heavy atom. The summed E-state index contributed by atoms with van der Waals surface area (Å²) in [7, 11) is 1.51. The Labute approximate surface area is 127 Å². The standard InChI is InChI=1S/C17H15N3O2/c1-22-16-10-12(7-8-15(16)21)11-19-20-14-6-2-4-13-5-3-9-18-17(13)14/h2-11,20-21H,1H3. The number of anilines is 1. The van der Waals surface area contributed by atoms with Gasteiger partial charge < -0.3 is 9.84 Å². The Bertz CT molecular complexity index is 826. The predicted octanol–water partition coefficient (Wildman–Crippen LogP) is 3.40. The lowest BCUT2D eigenvalue weighted by Gasteiger charge is -2.05. The largest absolute Gasteiger partial charge is 0.504 e. The SMILES string of the molecule is COc1cc(C=NNc2cccc3cccnc23)ccc1O. The highest BCUT2D eigenvalue weighted by Crippen LogP contribution is 2.25. The molecule has 5 nitrogen and oxygen atoms in total. The summed E-state index contributed by atoms with van der Waals surface area (Å²) in [4.78, 5) is 4.36. The summed E-state index contributed by atoms with van der Waals surface area (Å²) < 4.78 is 5.07. The summed E-state index contributed by atoms with van der Waals surface area (Å²) in [6.07, 6.45) is 3.41. The summed E-state index contributed by atoms with van der Waals surface area (Å²) >= 11 is 0. The summed E-state index contributed by atoms with van der Waals surface area (Å²) in [5.41, 5.74) is 5.51. The van der Waals surface area contributed by atoms with E-state index in [2.05, 4.69) is 15.5 Å². The minimum absolute atomic E-state index is 0.103. The first-order valence-electron chi connectivity index (χ1n) is 6.78. The molecule has 3 rings (SSSR count). The van der Waals surface area contributed by atoms with E-state index < -0.39 is 0 Å². The van der Waals surface area contributed by atoms with Crippen LogP contribution in [0, 0.1) is 0 Å². The van der Waals surface area contributed by atoms with Crippen molar-refractivity contribution in [3.63, 3.8) is 0 Å². The van der Waals surface area contributed by atoms with Crippen LogP contribution in [-0.4, -0.2) is 23.4 Å². The van der Waals surface area contributed by atoms with Gasteiger partial charge in [0.1, 0.15) is 0 Å². The molecule has 0 saturated carbocycles. The zero-order valence-corrected chi connectivity index (χ0v) is 12.0. The van der Waals surface area contributed by atoms with Crippen molar-refractivity contribution in [1.82, 2.24) is 4.98 Å². The van der Waals surface area contributed by atoms with Crippen LogP contribution < -0.4 is 10.2 Å². The van der Waals surface area contributed by atoms with Crippen LogP contribution in [0.15, 0.2) is 59.8 Å². The fourth-order valence-corrected chi connectivity index (χ4v) is 2.15. The Kier molecular flexibility index (Phi) is 3.87.